The smallest absolute Gasteiger partial charge is 0.179 e. The fourth-order valence-corrected chi connectivity index (χ4v) is 1.43. The van der Waals surface area contributed by atoms with Gasteiger partial charge in [-0.3, -0.25) is 4.79 Å². The molecule has 0 saturated carbocycles. The van der Waals surface area contributed by atoms with Crippen LogP contribution in [0.3, 0.4) is 0 Å². The van der Waals surface area contributed by atoms with Gasteiger partial charge < -0.3 is 5.32 Å². The van der Waals surface area contributed by atoms with E-state index in [-0.39, 0.29) is 24.2 Å². The van der Waals surface area contributed by atoms with Crippen LogP contribution in [0.2, 0.25) is 0 Å². The number of ketones is 1. The summed E-state index contributed by atoms with van der Waals surface area (Å²) in [4.78, 5) is 11.8. The minimum Gasteiger partial charge on any atom is -0.305 e. The number of halogens is 1. The first-order valence-electron chi connectivity index (χ1n) is 4.96. The molecular formula is C12H18ClNO. The quantitative estimate of drug-likeness (QED) is 0.802. The Labute approximate surface area is 97.5 Å². The number of carbonyl (C=O) groups excluding carboxylic acids is 1. The van der Waals surface area contributed by atoms with Crippen molar-refractivity contribution in [1.82, 2.24) is 5.32 Å². The molecule has 84 valence electrons. The van der Waals surface area contributed by atoms with Crippen LogP contribution in [0.4, 0.5) is 0 Å². The molecule has 3 heteroatoms. The summed E-state index contributed by atoms with van der Waals surface area (Å²) in [7, 11) is 0. The highest BCUT2D eigenvalue weighted by atomic mass is 35.5. The molecule has 2 nitrogen and oxygen atoms in total. The van der Waals surface area contributed by atoms with Gasteiger partial charge in [0.2, 0.25) is 0 Å². The predicted octanol–water partition coefficient (Wildman–Crippen LogP) is 2.68. The van der Waals surface area contributed by atoms with E-state index in [0.29, 0.717) is 6.04 Å². The lowest BCUT2D eigenvalue weighted by Gasteiger charge is -2.15. The molecule has 0 fully saturated rings. The van der Waals surface area contributed by atoms with E-state index >= 15 is 0 Å². The zero-order valence-corrected chi connectivity index (χ0v) is 10.2. The lowest BCUT2D eigenvalue weighted by atomic mass is 10.1. The lowest BCUT2D eigenvalue weighted by Crippen LogP contribution is -2.38. The van der Waals surface area contributed by atoms with Gasteiger partial charge in [-0.05, 0) is 6.92 Å². The van der Waals surface area contributed by atoms with E-state index < -0.39 is 0 Å². The van der Waals surface area contributed by atoms with Crippen molar-refractivity contribution in [2.45, 2.75) is 32.9 Å². The minimum absolute atomic E-state index is 0. The Morgan fingerprint density at radius 3 is 2.13 bits per heavy atom. The van der Waals surface area contributed by atoms with Gasteiger partial charge in [-0.2, -0.15) is 0 Å². The Morgan fingerprint density at radius 2 is 1.67 bits per heavy atom. The number of nitrogens with one attached hydrogen (secondary N) is 1. The molecule has 1 unspecified atom stereocenters. The highest BCUT2D eigenvalue weighted by Crippen LogP contribution is 2.03. The lowest BCUT2D eigenvalue weighted by molar-refractivity contribution is 0.0946. The van der Waals surface area contributed by atoms with E-state index in [1.165, 1.54) is 0 Å². The molecule has 0 saturated heterocycles. The van der Waals surface area contributed by atoms with E-state index in [9.17, 15) is 4.79 Å². The fourth-order valence-electron chi connectivity index (χ4n) is 1.43. The van der Waals surface area contributed by atoms with Crippen LogP contribution in [0.5, 0.6) is 0 Å². The minimum atomic E-state index is -0.114. The average molecular weight is 228 g/mol. The second-order valence-electron chi connectivity index (χ2n) is 3.77. The first-order valence-corrected chi connectivity index (χ1v) is 4.96. The molecule has 0 aliphatic carbocycles. The van der Waals surface area contributed by atoms with Gasteiger partial charge >= 0.3 is 0 Å². The molecule has 0 amide bonds. The van der Waals surface area contributed by atoms with Crippen molar-refractivity contribution in [1.29, 1.82) is 0 Å². The third-order valence-electron chi connectivity index (χ3n) is 2.03. The summed E-state index contributed by atoms with van der Waals surface area (Å²) in [6.07, 6.45) is 0. The van der Waals surface area contributed by atoms with Crippen molar-refractivity contribution in [2.24, 2.45) is 0 Å². The Hall–Kier alpha value is -0.860. The van der Waals surface area contributed by atoms with Crippen molar-refractivity contribution >= 4 is 18.2 Å². The van der Waals surface area contributed by atoms with E-state index in [1.807, 2.05) is 51.1 Å². The third kappa shape index (κ3) is 4.45. The molecule has 1 N–H and O–H groups in total. The van der Waals surface area contributed by atoms with Gasteiger partial charge in [0, 0.05) is 11.6 Å². The normalized spacial score (nSPS) is 12.0. The SMILES string of the molecule is CC(C)NC(C)C(=O)c1ccccc1.Cl. The van der Waals surface area contributed by atoms with E-state index in [2.05, 4.69) is 5.32 Å². The third-order valence-corrected chi connectivity index (χ3v) is 2.03. The van der Waals surface area contributed by atoms with E-state index in [0.717, 1.165) is 5.56 Å². The first kappa shape index (κ1) is 14.1. The molecule has 1 rings (SSSR count). The summed E-state index contributed by atoms with van der Waals surface area (Å²) < 4.78 is 0. The molecule has 1 aromatic carbocycles. The van der Waals surface area contributed by atoms with Crippen molar-refractivity contribution in [3.63, 3.8) is 0 Å². The molecule has 0 aliphatic heterocycles. The summed E-state index contributed by atoms with van der Waals surface area (Å²) in [6.45, 7) is 5.97. The fraction of sp³-hybridized carbons (Fsp3) is 0.417. The van der Waals surface area contributed by atoms with Crippen LogP contribution in [0, 0.1) is 0 Å². The molecule has 1 aromatic rings. The Balaban J connectivity index is 0.00000196. The molecule has 0 heterocycles. The number of Topliss-reactive ketones (excluding diaryl/α,β-unsaturated/α-hetero) is 1. The maximum absolute atomic E-state index is 11.8. The van der Waals surface area contributed by atoms with Crippen LogP contribution >= 0.6 is 12.4 Å². The van der Waals surface area contributed by atoms with Crippen molar-refractivity contribution in [3.8, 4) is 0 Å². The summed E-state index contributed by atoms with van der Waals surface area (Å²) >= 11 is 0. The van der Waals surface area contributed by atoms with Crippen LogP contribution < -0.4 is 5.32 Å². The summed E-state index contributed by atoms with van der Waals surface area (Å²) in [5.74, 6) is 0.152. The van der Waals surface area contributed by atoms with Crippen molar-refractivity contribution in [3.05, 3.63) is 35.9 Å². The molecule has 0 radical (unpaired) electrons. The highest BCUT2D eigenvalue weighted by molar-refractivity contribution is 5.99. The second-order valence-corrected chi connectivity index (χ2v) is 3.77. The summed E-state index contributed by atoms with van der Waals surface area (Å²) in [5, 5.41) is 3.19. The molecule has 15 heavy (non-hydrogen) atoms. The number of benzene rings is 1. The second kappa shape index (κ2) is 6.59. The molecule has 0 aliphatic rings. The monoisotopic (exact) mass is 227 g/mol. The highest BCUT2D eigenvalue weighted by Gasteiger charge is 2.14. The molecule has 0 aromatic heterocycles. The summed E-state index contributed by atoms with van der Waals surface area (Å²) in [5.41, 5.74) is 0.771. The van der Waals surface area contributed by atoms with Crippen LogP contribution in [0.25, 0.3) is 0 Å². The molecule has 0 bridgehead atoms. The van der Waals surface area contributed by atoms with Gasteiger partial charge in [0.05, 0.1) is 6.04 Å². The first-order chi connectivity index (χ1) is 6.61. The van der Waals surface area contributed by atoms with Crippen LogP contribution in [-0.2, 0) is 0 Å². The zero-order valence-electron chi connectivity index (χ0n) is 9.36. The Kier molecular flexibility index (Phi) is 6.21. The van der Waals surface area contributed by atoms with Gasteiger partial charge in [0.25, 0.3) is 0 Å². The molecule has 1 atom stereocenters. The standard InChI is InChI=1S/C12H17NO.ClH/c1-9(2)13-10(3)12(14)11-7-5-4-6-8-11;/h4-10,13H,1-3H3;1H. The van der Waals surface area contributed by atoms with Gasteiger partial charge in [-0.1, -0.05) is 44.2 Å². The van der Waals surface area contributed by atoms with Crippen molar-refractivity contribution < 1.29 is 4.79 Å². The molecule has 0 spiro atoms. The van der Waals surface area contributed by atoms with E-state index in [4.69, 9.17) is 0 Å². The van der Waals surface area contributed by atoms with Crippen LogP contribution in [0.1, 0.15) is 31.1 Å². The topological polar surface area (TPSA) is 29.1 Å². The number of rotatable bonds is 4. The maximum atomic E-state index is 11.8. The Morgan fingerprint density at radius 1 is 1.13 bits per heavy atom. The van der Waals surface area contributed by atoms with Crippen molar-refractivity contribution in [2.75, 3.05) is 0 Å². The van der Waals surface area contributed by atoms with Gasteiger partial charge in [-0.15, -0.1) is 12.4 Å². The number of carbonyl (C=O) groups is 1. The van der Waals surface area contributed by atoms with Gasteiger partial charge in [-0.25, -0.2) is 0 Å². The molecular weight excluding hydrogens is 210 g/mol. The number of hydrogen-bond acceptors (Lipinski definition) is 2. The van der Waals surface area contributed by atoms with Crippen LogP contribution in [-0.4, -0.2) is 17.9 Å². The average Bonchev–Trinajstić information content (AvgIpc) is 2.17. The maximum Gasteiger partial charge on any atom is 0.179 e. The zero-order chi connectivity index (χ0) is 10.6. The summed E-state index contributed by atoms with van der Waals surface area (Å²) in [6, 6.07) is 9.60. The van der Waals surface area contributed by atoms with Gasteiger partial charge in [0.15, 0.2) is 5.78 Å². The Bertz CT molecular complexity index is 298. The van der Waals surface area contributed by atoms with Crippen LogP contribution in [0.15, 0.2) is 30.3 Å². The number of hydrogen-bond donors (Lipinski definition) is 1. The largest absolute Gasteiger partial charge is 0.305 e. The predicted molar refractivity (Wildman–Crippen MR) is 65.8 cm³/mol. The van der Waals surface area contributed by atoms with E-state index in [1.54, 1.807) is 0 Å². The van der Waals surface area contributed by atoms with Gasteiger partial charge in [0.1, 0.15) is 0 Å².